The summed E-state index contributed by atoms with van der Waals surface area (Å²) in [6, 6.07) is 36.2. The number of benzene rings is 3. The molecule has 0 saturated carbocycles. The number of hydrogen-bond acceptors (Lipinski definition) is 11. The van der Waals surface area contributed by atoms with Gasteiger partial charge in [0.05, 0.1) is 27.8 Å². The molecule has 1 amide bonds. The van der Waals surface area contributed by atoms with Gasteiger partial charge in [-0.05, 0) is 112 Å². The molecule has 0 radical (unpaired) electrons. The molecule has 2 N–H and O–H groups in total. The quantitative estimate of drug-likeness (QED) is 0.0999. The number of Topliss-reactive ketones (excluding diaryl/α,β-unsaturated/α-hetero) is 2. The van der Waals surface area contributed by atoms with E-state index in [-0.39, 0.29) is 24.3 Å². The number of pyridine rings is 2. The van der Waals surface area contributed by atoms with Gasteiger partial charge in [0.1, 0.15) is 23.9 Å². The number of piperidine rings is 1. The molecule has 10 aromatic rings. The van der Waals surface area contributed by atoms with E-state index in [0.29, 0.717) is 60.9 Å². The third-order valence-electron chi connectivity index (χ3n) is 13.0. The second-order valence-corrected chi connectivity index (χ2v) is 20.3. The first-order valence-corrected chi connectivity index (χ1v) is 25.8. The van der Waals surface area contributed by atoms with Crippen molar-refractivity contribution in [1.82, 2.24) is 49.0 Å². The minimum absolute atomic E-state index is 0.0510. The second-order valence-electron chi connectivity index (χ2n) is 20.3. The number of ether oxygens (including phenoxy) is 1. The number of hydrogen-bond donors (Lipinski definition) is 2. The average molecular weight is 992 g/mol. The zero-order chi connectivity index (χ0) is 51.7. The monoisotopic (exact) mass is 992 g/mol. The minimum atomic E-state index is 0.0510. The lowest BCUT2D eigenvalue weighted by Crippen LogP contribution is -2.37. The van der Waals surface area contributed by atoms with Crippen molar-refractivity contribution in [2.75, 3.05) is 24.6 Å². The van der Waals surface area contributed by atoms with E-state index in [1.165, 1.54) is 5.39 Å². The van der Waals surface area contributed by atoms with E-state index in [1.807, 2.05) is 115 Å². The van der Waals surface area contributed by atoms with Crippen molar-refractivity contribution in [1.29, 1.82) is 0 Å². The SMILES string of the molecule is CC(C)CC(=O)CCc1ccc2c(n1)[nH]c1ccccc12.CC(C)CC(=O)COc1ccc(-c2ccn3c(n2)nc2ccccc23)cn1.CC(C)NC(=O)CC1CCN(c2ccn3c(n2)nc2ccccc23)CC1. The summed E-state index contributed by atoms with van der Waals surface area (Å²) in [5, 5.41) is 5.33. The van der Waals surface area contributed by atoms with Gasteiger partial charge in [-0.1, -0.05) is 70.2 Å². The molecule has 74 heavy (non-hydrogen) atoms. The summed E-state index contributed by atoms with van der Waals surface area (Å²) in [6.45, 7) is 14.1. The number of para-hydroxylation sites is 5. The predicted octanol–water partition coefficient (Wildman–Crippen LogP) is 11.2. The van der Waals surface area contributed by atoms with Crippen LogP contribution in [0.5, 0.6) is 5.88 Å². The molecule has 15 nitrogen and oxygen atoms in total. The smallest absolute Gasteiger partial charge is 0.236 e. The van der Waals surface area contributed by atoms with Crippen molar-refractivity contribution in [3.05, 3.63) is 133 Å². The van der Waals surface area contributed by atoms with Crippen LogP contribution < -0.4 is 15.0 Å². The first-order valence-electron chi connectivity index (χ1n) is 25.8. The number of H-pyrrole nitrogens is 1. The van der Waals surface area contributed by atoms with E-state index in [0.717, 1.165) is 99.5 Å². The Hall–Kier alpha value is -8.07. The Morgan fingerprint density at radius 1 is 0.676 bits per heavy atom. The summed E-state index contributed by atoms with van der Waals surface area (Å²) in [4.78, 5) is 68.7. The van der Waals surface area contributed by atoms with Crippen LogP contribution in [0.25, 0.3) is 66.8 Å². The molecule has 0 unspecified atom stereocenters. The van der Waals surface area contributed by atoms with Crippen LogP contribution in [0, 0.1) is 17.8 Å². The maximum atomic E-state index is 12.0. The van der Waals surface area contributed by atoms with Crippen molar-refractivity contribution < 1.29 is 19.1 Å². The highest BCUT2D eigenvalue weighted by atomic mass is 16.5. The van der Waals surface area contributed by atoms with Gasteiger partial charge in [0.15, 0.2) is 5.78 Å². The van der Waals surface area contributed by atoms with Gasteiger partial charge in [-0.2, -0.15) is 4.98 Å². The van der Waals surface area contributed by atoms with E-state index < -0.39 is 0 Å². The number of anilines is 1. The summed E-state index contributed by atoms with van der Waals surface area (Å²) >= 11 is 0. The maximum absolute atomic E-state index is 12.0. The number of ketones is 2. The molecule has 0 atom stereocenters. The second kappa shape index (κ2) is 23.2. The highest BCUT2D eigenvalue weighted by Gasteiger charge is 2.23. The number of carbonyl (C=O) groups excluding carboxylic acids is 3. The summed E-state index contributed by atoms with van der Waals surface area (Å²) < 4.78 is 9.46. The molecule has 1 saturated heterocycles. The molecule has 1 aliphatic heterocycles. The van der Waals surface area contributed by atoms with Crippen LogP contribution in [-0.4, -0.2) is 86.9 Å². The first-order chi connectivity index (χ1) is 35.8. The molecular formula is C59H65N11O4. The van der Waals surface area contributed by atoms with E-state index in [1.54, 1.807) is 12.3 Å². The third-order valence-corrected chi connectivity index (χ3v) is 13.0. The lowest BCUT2D eigenvalue weighted by atomic mass is 9.93. The molecule has 15 heteroatoms. The number of nitrogens with one attached hydrogen (secondary N) is 2. The number of rotatable bonds is 15. The molecule has 1 fully saturated rings. The normalized spacial score (nSPS) is 13.0. The molecule has 7 aromatic heterocycles. The number of aromatic amines is 1. The number of carbonyl (C=O) groups is 3. The van der Waals surface area contributed by atoms with Crippen molar-refractivity contribution in [2.45, 2.75) is 92.5 Å². The third kappa shape index (κ3) is 12.6. The number of amides is 1. The molecule has 8 heterocycles. The van der Waals surface area contributed by atoms with Crippen molar-refractivity contribution in [2.24, 2.45) is 17.8 Å². The Bertz CT molecular complexity index is 3550. The van der Waals surface area contributed by atoms with Crippen LogP contribution in [-0.2, 0) is 20.8 Å². The Balaban J connectivity index is 0.000000137. The first kappa shape index (κ1) is 50.9. The van der Waals surface area contributed by atoms with Gasteiger partial charge in [0.25, 0.3) is 0 Å². The summed E-state index contributed by atoms with van der Waals surface area (Å²) in [5.74, 6) is 4.58. The van der Waals surface area contributed by atoms with Crippen LogP contribution in [0.3, 0.4) is 0 Å². The fraction of sp³-hybridized carbons (Fsp3) is 0.339. The van der Waals surface area contributed by atoms with Crippen molar-refractivity contribution in [3.8, 4) is 17.1 Å². The fourth-order valence-corrected chi connectivity index (χ4v) is 9.45. The highest BCUT2D eigenvalue weighted by Crippen LogP contribution is 2.27. The topological polar surface area (TPSA) is 178 Å². The Labute approximate surface area is 430 Å². The van der Waals surface area contributed by atoms with Gasteiger partial charge in [-0.15, -0.1) is 0 Å². The number of aromatic nitrogens is 9. The Morgan fingerprint density at radius 3 is 2.00 bits per heavy atom. The zero-order valence-corrected chi connectivity index (χ0v) is 43.2. The number of fused-ring (bicyclic) bond motifs is 9. The maximum Gasteiger partial charge on any atom is 0.236 e. The molecule has 0 spiro atoms. The lowest BCUT2D eigenvalue weighted by molar-refractivity contribution is -0.123. The van der Waals surface area contributed by atoms with E-state index >= 15 is 0 Å². The van der Waals surface area contributed by atoms with Gasteiger partial charge in [0.2, 0.25) is 23.3 Å². The molecular weight excluding hydrogens is 927 g/mol. The molecule has 380 valence electrons. The molecule has 0 bridgehead atoms. The summed E-state index contributed by atoms with van der Waals surface area (Å²) in [6.07, 6.45) is 10.9. The van der Waals surface area contributed by atoms with Gasteiger partial charge in [0, 0.05) is 97.0 Å². The minimum Gasteiger partial charge on any atom is -0.470 e. The predicted molar refractivity (Wildman–Crippen MR) is 293 cm³/mol. The van der Waals surface area contributed by atoms with Crippen LogP contribution >= 0.6 is 0 Å². The zero-order valence-electron chi connectivity index (χ0n) is 43.2. The molecule has 1 aliphatic rings. The van der Waals surface area contributed by atoms with Gasteiger partial charge in [-0.25, -0.2) is 24.9 Å². The van der Waals surface area contributed by atoms with E-state index in [9.17, 15) is 14.4 Å². The Kier molecular flexibility index (Phi) is 15.9. The van der Waals surface area contributed by atoms with E-state index in [2.05, 4.69) is 90.5 Å². The largest absolute Gasteiger partial charge is 0.470 e. The molecule has 3 aromatic carbocycles. The van der Waals surface area contributed by atoms with Crippen molar-refractivity contribution in [3.63, 3.8) is 0 Å². The van der Waals surface area contributed by atoms with E-state index in [4.69, 9.17) is 9.72 Å². The van der Waals surface area contributed by atoms with Crippen LogP contribution in [0.4, 0.5) is 5.82 Å². The van der Waals surface area contributed by atoms with Crippen LogP contribution in [0.15, 0.2) is 128 Å². The average Bonchev–Trinajstić information content (AvgIpc) is 4.08. The lowest BCUT2D eigenvalue weighted by Gasteiger charge is -2.32. The summed E-state index contributed by atoms with van der Waals surface area (Å²) in [5.41, 5.74) is 8.63. The van der Waals surface area contributed by atoms with Gasteiger partial charge < -0.3 is 19.9 Å². The number of imidazole rings is 2. The highest BCUT2D eigenvalue weighted by molar-refractivity contribution is 6.05. The number of nitrogens with zero attached hydrogens (tertiary/aromatic N) is 9. The van der Waals surface area contributed by atoms with Crippen LogP contribution in [0.1, 0.15) is 85.8 Å². The van der Waals surface area contributed by atoms with Gasteiger partial charge in [-0.3, -0.25) is 23.2 Å². The summed E-state index contributed by atoms with van der Waals surface area (Å²) in [7, 11) is 0. The van der Waals surface area contributed by atoms with Crippen molar-refractivity contribution >= 4 is 78.8 Å². The number of aryl methyl sites for hydroxylation is 1. The van der Waals surface area contributed by atoms with Gasteiger partial charge >= 0.3 is 0 Å². The standard InChI is InChI=1S/C21H20N4O2.C20H25N5O.C18H20N2O/c1-14(2)11-16(26)13-27-20-8-7-15(12-22-20)17-9-10-25-19-6-4-3-5-18(19)24-21(25)23-17;1-14(2)21-19(26)13-15-7-10-24(11-8-15)18-9-12-25-17-6-4-3-5-16(17)22-20(25)23-18;1-12(2)11-14(21)9-7-13-8-10-16-15-5-3-4-6-17(15)20-18(16)19-13/h3-10,12,14H,11,13H2,1-2H3;3-6,9,12,14-15H,7-8,10-11,13H2,1-2H3,(H,21,26);3-6,8,10,12H,7,9,11H2,1-2H3,(H,19,20). The fourth-order valence-electron chi connectivity index (χ4n) is 9.45. The molecule has 11 rings (SSSR count). The molecule has 0 aliphatic carbocycles. The van der Waals surface area contributed by atoms with Crippen LogP contribution in [0.2, 0.25) is 0 Å². The Morgan fingerprint density at radius 2 is 1.32 bits per heavy atom.